The summed E-state index contributed by atoms with van der Waals surface area (Å²) in [6.45, 7) is 6.23. The molecule has 4 rings (SSSR count). The first-order chi connectivity index (χ1) is 15.5. The first-order valence-corrected chi connectivity index (χ1v) is 11.5. The fraction of sp³-hybridized carbons (Fsp3) is 0.375. The summed E-state index contributed by atoms with van der Waals surface area (Å²) in [4.78, 5) is 31.9. The predicted octanol–water partition coefficient (Wildman–Crippen LogP) is 4.05. The van der Waals surface area contributed by atoms with Gasteiger partial charge in [0.15, 0.2) is 10.9 Å². The Morgan fingerprint density at radius 3 is 2.75 bits per heavy atom. The number of nitrogens with zero attached hydrogens (tertiary/aromatic N) is 2. The number of amides is 1. The van der Waals surface area contributed by atoms with E-state index in [0.29, 0.717) is 16.4 Å². The lowest BCUT2D eigenvalue weighted by Gasteiger charge is -2.26. The van der Waals surface area contributed by atoms with Crippen molar-refractivity contribution in [1.29, 1.82) is 0 Å². The topological polar surface area (TPSA) is 80.8 Å². The van der Waals surface area contributed by atoms with Crippen LogP contribution in [0.25, 0.3) is 10.2 Å². The Labute approximate surface area is 191 Å². The van der Waals surface area contributed by atoms with Crippen molar-refractivity contribution in [3.63, 3.8) is 0 Å². The molecule has 3 aromatic rings. The SMILES string of the molecule is COc1ccc(C)cc1C(=O)CCC(=O)Nc1nc2ccc(CN3CCOCC3)cc2s1. The molecular formula is C24H27N3O4S. The van der Waals surface area contributed by atoms with E-state index in [-0.39, 0.29) is 24.5 Å². The van der Waals surface area contributed by atoms with Crippen LogP contribution in [0.1, 0.15) is 34.3 Å². The number of hydrogen-bond acceptors (Lipinski definition) is 7. The maximum atomic E-state index is 12.6. The number of nitrogens with one attached hydrogen (secondary N) is 1. The van der Waals surface area contributed by atoms with Gasteiger partial charge in [-0.15, -0.1) is 0 Å². The van der Waals surface area contributed by atoms with Crippen LogP contribution in [0, 0.1) is 6.92 Å². The van der Waals surface area contributed by atoms with Crippen LogP contribution in [0.2, 0.25) is 0 Å². The van der Waals surface area contributed by atoms with Gasteiger partial charge in [0.1, 0.15) is 5.75 Å². The second-order valence-electron chi connectivity index (χ2n) is 7.88. The molecule has 0 spiro atoms. The monoisotopic (exact) mass is 453 g/mol. The number of fused-ring (bicyclic) bond motifs is 1. The number of anilines is 1. The number of aryl methyl sites for hydroxylation is 1. The summed E-state index contributed by atoms with van der Waals surface area (Å²) in [6.07, 6.45) is 0.203. The first-order valence-electron chi connectivity index (χ1n) is 10.7. The van der Waals surface area contributed by atoms with Gasteiger partial charge >= 0.3 is 0 Å². The molecule has 0 bridgehead atoms. The van der Waals surface area contributed by atoms with Gasteiger partial charge in [-0.3, -0.25) is 14.5 Å². The average molecular weight is 454 g/mol. The number of carbonyl (C=O) groups excluding carboxylic acids is 2. The van der Waals surface area contributed by atoms with Crippen molar-refractivity contribution in [1.82, 2.24) is 9.88 Å². The number of morpholine rings is 1. The van der Waals surface area contributed by atoms with Crippen LogP contribution in [0.3, 0.4) is 0 Å². The molecule has 32 heavy (non-hydrogen) atoms. The summed E-state index contributed by atoms with van der Waals surface area (Å²) in [5.41, 5.74) is 3.56. The molecule has 168 valence electrons. The Balaban J connectivity index is 1.35. The summed E-state index contributed by atoms with van der Waals surface area (Å²) in [5, 5.41) is 3.39. The molecule has 1 N–H and O–H groups in total. The highest BCUT2D eigenvalue weighted by molar-refractivity contribution is 7.22. The molecule has 2 heterocycles. The molecule has 0 saturated carbocycles. The zero-order chi connectivity index (χ0) is 22.5. The molecule has 2 aromatic carbocycles. The molecular weight excluding hydrogens is 426 g/mol. The van der Waals surface area contributed by atoms with E-state index in [9.17, 15) is 9.59 Å². The zero-order valence-electron chi connectivity index (χ0n) is 18.3. The lowest BCUT2D eigenvalue weighted by molar-refractivity contribution is -0.116. The van der Waals surface area contributed by atoms with Crippen LogP contribution < -0.4 is 10.1 Å². The maximum Gasteiger partial charge on any atom is 0.226 e. The lowest BCUT2D eigenvalue weighted by atomic mass is 10.0. The van der Waals surface area contributed by atoms with Gasteiger partial charge in [-0.2, -0.15) is 0 Å². The first kappa shape index (κ1) is 22.4. The minimum absolute atomic E-state index is 0.0914. The Kier molecular flexibility index (Phi) is 7.14. The fourth-order valence-electron chi connectivity index (χ4n) is 3.72. The second-order valence-corrected chi connectivity index (χ2v) is 8.92. The van der Waals surface area contributed by atoms with Crippen molar-refractivity contribution in [2.45, 2.75) is 26.3 Å². The van der Waals surface area contributed by atoms with Crippen LogP contribution in [0.15, 0.2) is 36.4 Å². The molecule has 1 aliphatic rings. The van der Waals surface area contributed by atoms with E-state index < -0.39 is 0 Å². The van der Waals surface area contributed by atoms with Crippen LogP contribution in [-0.4, -0.2) is 55.0 Å². The van der Waals surface area contributed by atoms with Gasteiger partial charge in [0, 0.05) is 32.5 Å². The lowest BCUT2D eigenvalue weighted by Crippen LogP contribution is -2.35. The van der Waals surface area contributed by atoms with Crippen molar-refractivity contribution in [3.05, 3.63) is 53.1 Å². The van der Waals surface area contributed by atoms with Crippen LogP contribution in [0.5, 0.6) is 5.75 Å². The quantitative estimate of drug-likeness (QED) is 0.519. The van der Waals surface area contributed by atoms with Gasteiger partial charge in [0.25, 0.3) is 0 Å². The third-order valence-electron chi connectivity index (χ3n) is 5.44. The van der Waals surface area contributed by atoms with Gasteiger partial charge < -0.3 is 14.8 Å². The molecule has 0 radical (unpaired) electrons. The van der Waals surface area contributed by atoms with Crippen LogP contribution >= 0.6 is 11.3 Å². The molecule has 0 atom stereocenters. The number of ether oxygens (including phenoxy) is 2. The second kappa shape index (κ2) is 10.2. The fourth-order valence-corrected chi connectivity index (χ4v) is 4.67. The van der Waals surface area contributed by atoms with Crippen molar-refractivity contribution in [2.75, 3.05) is 38.7 Å². The Morgan fingerprint density at radius 1 is 1.16 bits per heavy atom. The number of carbonyl (C=O) groups is 2. The summed E-state index contributed by atoms with van der Waals surface area (Å²) in [5.74, 6) is 0.190. The van der Waals surface area contributed by atoms with Gasteiger partial charge in [0.2, 0.25) is 5.91 Å². The zero-order valence-corrected chi connectivity index (χ0v) is 19.2. The minimum atomic E-state index is -0.224. The Morgan fingerprint density at radius 2 is 1.97 bits per heavy atom. The van der Waals surface area contributed by atoms with Gasteiger partial charge in [-0.1, -0.05) is 29.0 Å². The number of benzene rings is 2. The summed E-state index contributed by atoms with van der Waals surface area (Å²) >= 11 is 1.45. The van der Waals surface area contributed by atoms with E-state index in [1.807, 2.05) is 19.1 Å². The van der Waals surface area contributed by atoms with E-state index in [1.54, 1.807) is 12.1 Å². The molecule has 1 aromatic heterocycles. The van der Waals surface area contributed by atoms with E-state index >= 15 is 0 Å². The number of methoxy groups -OCH3 is 1. The highest BCUT2D eigenvalue weighted by Gasteiger charge is 2.16. The van der Waals surface area contributed by atoms with Gasteiger partial charge in [-0.05, 0) is 36.8 Å². The third kappa shape index (κ3) is 5.51. The van der Waals surface area contributed by atoms with Crippen molar-refractivity contribution < 1.29 is 19.1 Å². The number of aromatic nitrogens is 1. The molecule has 1 fully saturated rings. The molecule has 1 saturated heterocycles. The summed E-state index contributed by atoms with van der Waals surface area (Å²) < 4.78 is 11.7. The molecule has 1 amide bonds. The number of hydrogen-bond donors (Lipinski definition) is 1. The predicted molar refractivity (Wildman–Crippen MR) is 126 cm³/mol. The van der Waals surface area contributed by atoms with Crippen molar-refractivity contribution >= 4 is 38.4 Å². The largest absolute Gasteiger partial charge is 0.496 e. The summed E-state index contributed by atoms with van der Waals surface area (Å²) in [7, 11) is 1.54. The van der Waals surface area contributed by atoms with E-state index in [2.05, 4.69) is 27.3 Å². The minimum Gasteiger partial charge on any atom is -0.496 e. The number of Topliss-reactive ketones (excluding diaryl/α,β-unsaturated/α-hetero) is 1. The molecule has 0 unspecified atom stereocenters. The molecule has 1 aliphatic heterocycles. The standard InChI is InChI=1S/C24H27N3O4S/c1-16-3-7-21(30-2)18(13-16)20(28)6-8-23(29)26-24-25-19-5-4-17(14-22(19)32-24)15-27-9-11-31-12-10-27/h3-5,7,13-14H,6,8-12,15H2,1-2H3,(H,25,26,29). The van der Waals surface area contributed by atoms with Crippen LogP contribution in [-0.2, 0) is 16.1 Å². The normalized spacial score (nSPS) is 14.4. The van der Waals surface area contributed by atoms with Crippen molar-refractivity contribution in [3.8, 4) is 5.75 Å². The van der Waals surface area contributed by atoms with Gasteiger partial charge in [-0.25, -0.2) is 4.98 Å². The number of rotatable bonds is 8. The number of thiazole rings is 1. The smallest absolute Gasteiger partial charge is 0.226 e. The molecule has 7 nitrogen and oxygen atoms in total. The van der Waals surface area contributed by atoms with Crippen molar-refractivity contribution in [2.24, 2.45) is 0 Å². The molecule has 8 heteroatoms. The summed E-state index contributed by atoms with van der Waals surface area (Å²) in [6, 6.07) is 11.7. The average Bonchev–Trinajstić information content (AvgIpc) is 3.19. The highest BCUT2D eigenvalue weighted by atomic mass is 32.1. The van der Waals surface area contributed by atoms with Gasteiger partial charge in [0.05, 0.1) is 36.1 Å². The maximum absolute atomic E-state index is 12.6. The van der Waals surface area contributed by atoms with E-state index in [4.69, 9.17) is 9.47 Å². The Bertz CT molecular complexity index is 1120. The molecule has 0 aliphatic carbocycles. The number of ketones is 1. The Hall–Kier alpha value is -2.81. The van der Waals surface area contributed by atoms with Crippen LogP contribution in [0.4, 0.5) is 5.13 Å². The van der Waals surface area contributed by atoms with E-state index in [1.165, 1.54) is 24.0 Å². The third-order valence-corrected chi connectivity index (χ3v) is 6.38. The highest BCUT2D eigenvalue weighted by Crippen LogP contribution is 2.28. The van der Waals surface area contributed by atoms with E-state index in [0.717, 1.165) is 48.6 Å².